The number of halogens is 1. The monoisotopic (exact) mass is 260 g/mol. The summed E-state index contributed by atoms with van der Waals surface area (Å²) in [6.07, 6.45) is -0.288. The van der Waals surface area contributed by atoms with E-state index >= 15 is 0 Å². The molecule has 0 aliphatic carbocycles. The highest BCUT2D eigenvalue weighted by Crippen LogP contribution is 2.17. The zero-order chi connectivity index (χ0) is 14.0. The molecule has 0 spiro atoms. The van der Waals surface area contributed by atoms with E-state index in [1.54, 1.807) is 19.9 Å². The number of Topliss-reactive ketones (excluding diaryl/α,β-unsaturated/α-hetero) is 2. The minimum Gasteiger partial charge on any atom is -0.466 e. The molecule has 1 heterocycles. The quantitative estimate of drug-likeness (QED) is 0.624. The Balaban J connectivity index is 2.15. The molecule has 3 nitrogen and oxygen atoms in total. The summed E-state index contributed by atoms with van der Waals surface area (Å²) in [5.74, 6) is -0.0893. The molecular weight excluding hydrogens is 247 g/mol. The van der Waals surface area contributed by atoms with Crippen LogP contribution in [0.2, 0.25) is 0 Å². The average molecular weight is 260 g/mol. The van der Waals surface area contributed by atoms with Crippen molar-refractivity contribution in [3.8, 4) is 0 Å². The van der Waals surface area contributed by atoms with E-state index in [-0.39, 0.29) is 17.8 Å². The predicted molar refractivity (Wildman–Crippen MR) is 67.9 cm³/mol. The van der Waals surface area contributed by atoms with Gasteiger partial charge in [-0.15, -0.1) is 0 Å². The maximum atomic E-state index is 13.0. The molecule has 0 N–H and O–H groups in total. The zero-order valence-electron chi connectivity index (χ0n) is 10.7. The third kappa shape index (κ3) is 2.96. The number of hydrogen-bond acceptors (Lipinski definition) is 3. The Hall–Kier alpha value is -2.23. The molecular formula is C15H13FO3. The van der Waals surface area contributed by atoms with Crippen molar-refractivity contribution in [3.63, 3.8) is 0 Å². The normalized spacial score (nSPS) is 10.5. The molecule has 0 fully saturated rings. The van der Waals surface area contributed by atoms with Crippen LogP contribution in [0.15, 0.2) is 34.7 Å². The van der Waals surface area contributed by atoms with Crippen molar-refractivity contribution < 1.29 is 18.4 Å². The number of benzene rings is 1. The van der Waals surface area contributed by atoms with Gasteiger partial charge in [-0.2, -0.15) is 0 Å². The van der Waals surface area contributed by atoms with Gasteiger partial charge in [0.25, 0.3) is 0 Å². The van der Waals surface area contributed by atoms with Gasteiger partial charge in [0, 0.05) is 5.56 Å². The SMILES string of the molecule is Cc1cc(C(=O)CC(=O)c2cccc(F)c2)c(C)o1. The first-order valence-electron chi connectivity index (χ1n) is 5.86. The molecule has 19 heavy (non-hydrogen) atoms. The fourth-order valence-corrected chi connectivity index (χ4v) is 1.91. The second-order valence-electron chi connectivity index (χ2n) is 4.36. The molecule has 0 amide bonds. The third-order valence-corrected chi connectivity index (χ3v) is 2.81. The molecule has 1 aromatic heterocycles. The van der Waals surface area contributed by atoms with E-state index in [9.17, 15) is 14.0 Å². The molecule has 0 saturated heterocycles. The van der Waals surface area contributed by atoms with Crippen molar-refractivity contribution in [1.82, 2.24) is 0 Å². The Morgan fingerprint density at radius 2 is 1.89 bits per heavy atom. The van der Waals surface area contributed by atoms with Crippen LogP contribution in [-0.2, 0) is 0 Å². The van der Waals surface area contributed by atoms with Crippen molar-refractivity contribution >= 4 is 11.6 Å². The van der Waals surface area contributed by atoms with Crippen LogP contribution >= 0.6 is 0 Å². The summed E-state index contributed by atoms with van der Waals surface area (Å²) < 4.78 is 18.3. The number of carbonyl (C=O) groups is 2. The van der Waals surface area contributed by atoms with Gasteiger partial charge in [-0.1, -0.05) is 12.1 Å². The highest BCUT2D eigenvalue weighted by Gasteiger charge is 2.18. The van der Waals surface area contributed by atoms with Gasteiger partial charge in [-0.25, -0.2) is 4.39 Å². The summed E-state index contributed by atoms with van der Waals surface area (Å²) in [5, 5.41) is 0. The largest absolute Gasteiger partial charge is 0.466 e. The molecule has 0 bridgehead atoms. The van der Waals surface area contributed by atoms with Gasteiger partial charge < -0.3 is 4.42 Å². The van der Waals surface area contributed by atoms with Gasteiger partial charge in [0.05, 0.1) is 12.0 Å². The summed E-state index contributed by atoms with van der Waals surface area (Å²) in [5.41, 5.74) is 0.605. The van der Waals surface area contributed by atoms with Crippen molar-refractivity contribution in [2.45, 2.75) is 20.3 Å². The van der Waals surface area contributed by atoms with Gasteiger partial charge in [0.15, 0.2) is 11.6 Å². The van der Waals surface area contributed by atoms with E-state index in [4.69, 9.17) is 4.42 Å². The van der Waals surface area contributed by atoms with E-state index in [2.05, 4.69) is 0 Å². The minimum atomic E-state index is -0.492. The van der Waals surface area contributed by atoms with Gasteiger partial charge in [0.2, 0.25) is 0 Å². The average Bonchev–Trinajstić information content (AvgIpc) is 2.68. The lowest BCUT2D eigenvalue weighted by Crippen LogP contribution is -2.09. The number of hydrogen-bond donors (Lipinski definition) is 0. The summed E-state index contributed by atoms with van der Waals surface area (Å²) in [7, 11) is 0. The number of furan rings is 1. The lowest BCUT2D eigenvalue weighted by Gasteiger charge is -2.00. The maximum Gasteiger partial charge on any atom is 0.174 e. The maximum absolute atomic E-state index is 13.0. The molecule has 0 radical (unpaired) electrons. The Bertz CT molecular complexity index is 641. The number of rotatable bonds is 4. The van der Waals surface area contributed by atoms with E-state index in [1.807, 2.05) is 0 Å². The van der Waals surface area contributed by atoms with E-state index < -0.39 is 11.6 Å². The highest BCUT2D eigenvalue weighted by molar-refractivity contribution is 6.13. The lowest BCUT2D eigenvalue weighted by atomic mass is 10.0. The Labute approximate surface area is 110 Å². The fraction of sp³-hybridized carbons (Fsp3) is 0.200. The van der Waals surface area contributed by atoms with Crippen LogP contribution in [-0.4, -0.2) is 11.6 Å². The van der Waals surface area contributed by atoms with Crippen LogP contribution in [0.4, 0.5) is 4.39 Å². The molecule has 0 aliphatic rings. The van der Waals surface area contributed by atoms with Crippen molar-refractivity contribution in [2.75, 3.05) is 0 Å². The van der Waals surface area contributed by atoms with Crippen molar-refractivity contribution in [2.24, 2.45) is 0 Å². The molecule has 0 saturated carbocycles. The van der Waals surface area contributed by atoms with Gasteiger partial charge in [0.1, 0.15) is 17.3 Å². The minimum absolute atomic E-state index is 0.200. The highest BCUT2D eigenvalue weighted by atomic mass is 19.1. The van der Waals surface area contributed by atoms with Crippen molar-refractivity contribution in [1.29, 1.82) is 0 Å². The predicted octanol–water partition coefficient (Wildman–Crippen LogP) is 3.49. The molecule has 0 aliphatic heterocycles. The van der Waals surface area contributed by atoms with Crippen LogP contribution in [0.1, 0.15) is 38.7 Å². The summed E-state index contributed by atoms with van der Waals surface area (Å²) in [6, 6.07) is 6.92. The second-order valence-corrected chi connectivity index (χ2v) is 4.36. The van der Waals surface area contributed by atoms with Gasteiger partial charge >= 0.3 is 0 Å². The Kier molecular flexibility index (Phi) is 3.60. The smallest absolute Gasteiger partial charge is 0.174 e. The first-order valence-corrected chi connectivity index (χ1v) is 5.86. The molecule has 2 rings (SSSR count). The Morgan fingerprint density at radius 1 is 1.16 bits per heavy atom. The summed E-state index contributed by atoms with van der Waals surface area (Å²) in [4.78, 5) is 23.9. The van der Waals surface area contributed by atoms with Crippen LogP contribution in [0.5, 0.6) is 0 Å². The molecule has 4 heteroatoms. The van der Waals surface area contributed by atoms with Gasteiger partial charge in [-0.05, 0) is 32.0 Å². The van der Waals surface area contributed by atoms with E-state index in [1.165, 1.54) is 18.2 Å². The molecule has 0 atom stereocenters. The molecule has 0 unspecified atom stereocenters. The summed E-state index contributed by atoms with van der Waals surface area (Å²) in [6.45, 7) is 3.41. The second kappa shape index (κ2) is 5.18. The molecule has 2 aromatic rings. The van der Waals surface area contributed by atoms with E-state index in [0.29, 0.717) is 17.1 Å². The standard InChI is InChI=1S/C15H13FO3/c1-9-6-13(10(2)19-9)15(18)8-14(17)11-4-3-5-12(16)7-11/h3-7H,8H2,1-2H3. The number of carbonyl (C=O) groups excluding carboxylic acids is 2. The van der Waals surface area contributed by atoms with Crippen LogP contribution in [0, 0.1) is 19.7 Å². The Morgan fingerprint density at radius 3 is 2.47 bits per heavy atom. The van der Waals surface area contributed by atoms with E-state index in [0.717, 1.165) is 6.07 Å². The molecule has 1 aromatic carbocycles. The number of ketones is 2. The fourth-order valence-electron chi connectivity index (χ4n) is 1.91. The van der Waals surface area contributed by atoms with Crippen LogP contribution in [0.25, 0.3) is 0 Å². The van der Waals surface area contributed by atoms with Crippen LogP contribution < -0.4 is 0 Å². The zero-order valence-corrected chi connectivity index (χ0v) is 10.7. The number of aryl methyl sites for hydroxylation is 2. The van der Waals surface area contributed by atoms with Crippen LogP contribution in [0.3, 0.4) is 0 Å². The first kappa shape index (κ1) is 13.2. The van der Waals surface area contributed by atoms with Crippen molar-refractivity contribution in [3.05, 3.63) is 58.8 Å². The summed E-state index contributed by atoms with van der Waals surface area (Å²) >= 11 is 0. The third-order valence-electron chi connectivity index (χ3n) is 2.81. The molecule has 98 valence electrons. The van der Waals surface area contributed by atoms with Gasteiger partial charge in [-0.3, -0.25) is 9.59 Å². The topological polar surface area (TPSA) is 47.3 Å². The first-order chi connectivity index (χ1) is 8.97. The lowest BCUT2D eigenvalue weighted by molar-refractivity contribution is 0.0893.